The Morgan fingerprint density at radius 1 is 1.42 bits per heavy atom. The average Bonchev–Trinajstić information content (AvgIpc) is 2.79. The third-order valence-corrected chi connectivity index (χ3v) is 2.63. The Kier molecular flexibility index (Phi) is 3.99. The smallest absolute Gasteiger partial charge is 0.226 e. The van der Waals surface area contributed by atoms with Gasteiger partial charge in [0, 0.05) is 5.56 Å². The minimum absolute atomic E-state index is 0.158. The van der Waals surface area contributed by atoms with Gasteiger partial charge in [0.05, 0.1) is 18.7 Å². The van der Waals surface area contributed by atoms with Crippen molar-refractivity contribution in [2.24, 2.45) is 0 Å². The van der Waals surface area contributed by atoms with Crippen molar-refractivity contribution in [1.29, 1.82) is 0 Å². The number of benzene rings is 1. The van der Waals surface area contributed by atoms with E-state index in [4.69, 9.17) is 10.8 Å². The average molecular weight is 254 g/mol. The predicted octanol–water partition coefficient (Wildman–Crippen LogP) is 1.94. The van der Waals surface area contributed by atoms with Gasteiger partial charge in [0.1, 0.15) is 5.76 Å². The summed E-state index contributed by atoms with van der Waals surface area (Å²) in [5.74, 6) is 3.37. The maximum Gasteiger partial charge on any atom is 0.226 e. The van der Waals surface area contributed by atoms with Gasteiger partial charge in [-0.1, -0.05) is 24.1 Å². The molecule has 0 atom stereocenters. The van der Waals surface area contributed by atoms with E-state index in [-0.39, 0.29) is 18.9 Å². The summed E-state index contributed by atoms with van der Waals surface area (Å²) in [5.41, 5.74) is 1.52. The number of hydrogen-bond donors (Lipinski definition) is 1. The van der Waals surface area contributed by atoms with Gasteiger partial charge in [0.15, 0.2) is 0 Å². The second-order valence-electron chi connectivity index (χ2n) is 4.05. The van der Waals surface area contributed by atoms with Crippen molar-refractivity contribution in [2.75, 3.05) is 6.54 Å². The molecule has 0 aliphatic heterocycles. The standard InChI is InChI=1S/C15H14N2O2/c1-3-9-16-14(18)10-13-11(2)19-15(17-13)12-7-5-4-6-8-12/h1,4-8H,9-10H2,2H3,(H,16,18). The van der Waals surface area contributed by atoms with Crippen LogP contribution in [0.25, 0.3) is 11.5 Å². The highest BCUT2D eigenvalue weighted by Crippen LogP contribution is 2.21. The lowest BCUT2D eigenvalue weighted by Crippen LogP contribution is -2.25. The van der Waals surface area contributed by atoms with Gasteiger partial charge in [0.25, 0.3) is 0 Å². The van der Waals surface area contributed by atoms with Crippen LogP contribution in [0.5, 0.6) is 0 Å². The molecule has 2 rings (SSSR count). The number of aryl methyl sites for hydroxylation is 1. The predicted molar refractivity (Wildman–Crippen MR) is 72.2 cm³/mol. The first-order valence-corrected chi connectivity index (χ1v) is 5.92. The molecule has 4 heteroatoms. The molecule has 2 aromatic rings. The lowest BCUT2D eigenvalue weighted by molar-refractivity contribution is -0.120. The molecule has 19 heavy (non-hydrogen) atoms. The Morgan fingerprint density at radius 2 is 2.16 bits per heavy atom. The van der Waals surface area contributed by atoms with Crippen LogP contribution in [0.2, 0.25) is 0 Å². The number of carbonyl (C=O) groups is 1. The zero-order chi connectivity index (χ0) is 13.7. The quantitative estimate of drug-likeness (QED) is 0.848. The number of terminal acetylenes is 1. The highest BCUT2D eigenvalue weighted by atomic mass is 16.4. The van der Waals surface area contributed by atoms with E-state index in [0.717, 1.165) is 5.56 Å². The molecule has 1 aromatic heterocycles. The minimum atomic E-state index is -0.158. The molecular weight excluding hydrogens is 240 g/mol. The molecule has 0 aliphatic rings. The summed E-state index contributed by atoms with van der Waals surface area (Å²) in [6.07, 6.45) is 5.25. The molecule has 0 fully saturated rings. The van der Waals surface area contributed by atoms with E-state index in [1.165, 1.54) is 0 Å². The number of nitrogens with one attached hydrogen (secondary N) is 1. The van der Waals surface area contributed by atoms with Crippen LogP contribution in [0.4, 0.5) is 0 Å². The van der Waals surface area contributed by atoms with E-state index in [1.54, 1.807) is 6.92 Å². The number of hydrogen-bond acceptors (Lipinski definition) is 3. The maximum absolute atomic E-state index is 11.6. The maximum atomic E-state index is 11.6. The van der Waals surface area contributed by atoms with E-state index in [1.807, 2.05) is 30.3 Å². The molecule has 0 radical (unpaired) electrons. The van der Waals surface area contributed by atoms with Crippen LogP contribution < -0.4 is 5.32 Å². The van der Waals surface area contributed by atoms with Crippen molar-refractivity contribution in [2.45, 2.75) is 13.3 Å². The lowest BCUT2D eigenvalue weighted by Gasteiger charge is -1.98. The van der Waals surface area contributed by atoms with Crippen LogP contribution in [0, 0.1) is 19.3 Å². The van der Waals surface area contributed by atoms with Gasteiger partial charge in [-0.25, -0.2) is 4.98 Å². The van der Waals surface area contributed by atoms with Gasteiger partial charge in [-0.15, -0.1) is 6.42 Å². The first kappa shape index (κ1) is 12.9. The van der Waals surface area contributed by atoms with Gasteiger partial charge < -0.3 is 9.73 Å². The highest BCUT2D eigenvalue weighted by Gasteiger charge is 2.13. The molecule has 0 spiro atoms. The third-order valence-electron chi connectivity index (χ3n) is 2.63. The molecule has 0 saturated heterocycles. The number of oxazole rings is 1. The van der Waals surface area contributed by atoms with Gasteiger partial charge in [-0.2, -0.15) is 0 Å². The summed E-state index contributed by atoms with van der Waals surface area (Å²) in [7, 11) is 0. The van der Waals surface area contributed by atoms with Crippen molar-refractivity contribution in [3.8, 4) is 23.8 Å². The summed E-state index contributed by atoms with van der Waals surface area (Å²) in [4.78, 5) is 15.9. The molecule has 1 N–H and O–H groups in total. The van der Waals surface area contributed by atoms with Crippen molar-refractivity contribution < 1.29 is 9.21 Å². The molecule has 96 valence electrons. The van der Waals surface area contributed by atoms with Crippen LogP contribution in [0.15, 0.2) is 34.7 Å². The van der Waals surface area contributed by atoms with Gasteiger partial charge >= 0.3 is 0 Å². The molecule has 1 amide bonds. The molecule has 0 unspecified atom stereocenters. The van der Waals surface area contributed by atoms with Gasteiger partial charge in [-0.3, -0.25) is 4.79 Å². The summed E-state index contributed by atoms with van der Waals surface area (Å²) < 4.78 is 5.57. The van der Waals surface area contributed by atoms with Crippen molar-refractivity contribution >= 4 is 5.91 Å². The van der Waals surface area contributed by atoms with Crippen molar-refractivity contribution in [3.63, 3.8) is 0 Å². The second kappa shape index (κ2) is 5.87. The molecule has 0 aliphatic carbocycles. The van der Waals surface area contributed by atoms with Crippen LogP contribution in [-0.4, -0.2) is 17.4 Å². The van der Waals surface area contributed by atoms with Crippen LogP contribution >= 0.6 is 0 Å². The van der Waals surface area contributed by atoms with Crippen LogP contribution in [-0.2, 0) is 11.2 Å². The fourth-order valence-corrected chi connectivity index (χ4v) is 1.66. The van der Waals surface area contributed by atoms with Gasteiger partial charge in [-0.05, 0) is 19.1 Å². The van der Waals surface area contributed by atoms with Crippen molar-refractivity contribution in [3.05, 3.63) is 41.8 Å². The van der Waals surface area contributed by atoms with E-state index in [2.05, 4.69) is 16.2 Å². The monoisotopic (exact) mass is 254 g/mol. The molecule has 0 bridgehead atoms. The number of carbonyl (C=O) groups excluding carboxylic acids is 1. The normalized spacial score (nSPS) is 9.89. The fourth-order valence-electron chi connectivity index (χ4n) is 1.66. The Morgan fingerprint density at radius 3 is 2.84 bits per heavy atom. The number of rotatable bonds is 4. The first-order valence-electron chi connectivity index (χ1n) is 5.92. The topological polar surface area (TPSA) is 55.1 Å². The zero-order valence-corrected chi connectivity index (χ0v) is 10.6. The number of nitrogens with zero attached hydrogens (tertiary/aromatic N) is 1. The Bertz CT molecular complexity index is 609. The van der Waals surface area contributed by atoms with Gasteiger partial charge in [0.2, 0.25) is 11.8 Å². The van der Waals surface area contributed by atoms with E-state index >= 15 is 0 Å². The molecule has 1 aromatic carbocycles. The second-order valence-corrected chi connectivity index (χ2v) is 4.05. The number of aromatic nitrogens is 1. The third kappa shape index (κ3) is 3.23. The molecule has 4 nitrogen and oxygen atoms in total. The minimum Gasteiger partial charge on any atom is -0.441 e. The largest absolute Gasteiger partial charge is 0.441 e. The Hall–Kier alpha value is -2.54. The summed E-state index contributed by atoms with van der Waals surface area (Å²) in [6, 6.07) is 9.57. The Balaban J connectivity index is 2.14. The van der Waals surface area contributed by atoms with E-state index in [9.17, 15) is 4.79 Å². The fraction of sp³-hybridized carbons (Fsp3) is 0.200. The first-order chi connectivity index (χ1) is 9.20. The zero-order valence-electron chi connectivity index (χ0n) is 10.6. The Labute approximate surface area is 111 Å². The highest BCUT2D eigenvalue weighted by molar-refractivity contribution is 5.78. The summed E-state index contributed by atoms with van der Waals surface area (Å²) in [5, 5.41) is 2.60. The van der Waals surface area contributed by atoms with E-state index in [0.29, 0.717) is 17.3 Å². The summed E-state index contributed by atoms with van der Waals surface area (Å²) in [6.45, 7) is 2.02. The van der Waals surface area contributed by atoms with E-state index < -0.39 is 0 Å². The lowest BCUT2D eigenvalue weighted by atomic mass is 10.2. The van der Waals surface area contributed by atoms with Crippen molar-refractivity contribution in [1.82, 2.24) is 10.3 Å². The van der Waals surface area contributed by atoms with Crippen LogP contribution in [0.1, 0.15) is 11.5 Å². The molecular formula is C15H14N2O2. The molecule has 1 heterocycles. The van der Waals surface area contributed by atoms with Crippen LogP contribution in [0.3, 0.4) is 0 Å². The SMILES string of the molecule is C#CCNC(=O)Cc1nc(-c2ccccc2)oc1C. The summed E-state index contributed by atoms with van der Waals surface area (Å²) >= 11 is 0. The number of amides is 1. The molecule has 0 saturated carbocycles.